The van der Waals surface area contributed by atoms with E-state index in [9.17, 15) is 9.59 Å². The lowest BCUT2D eigenvalue weighted by Gasteiger charge is -2.45. The largest absolute Gasteiger partial charge is 0.466 e. The summed E-state index contributed by atoms with van der Waals surface area (Å²) in [5.41, 5.74) is 5.40. The zero-order valence-corrected chi connectivity index (χ0v) is 22.6. The van der Waals surface area contributed by atoms with Crippen LogP contribution in [0.3, 0.4) is 0 Å². The van der Waals surface area contributed by atoms with Crippen molar-refractivity contribution < 1.29 is 23.5 Å². The number of rotatable bonds is 7. The van der Waals surface area contributed by atoms with Gasteiger partial charge in [0, 0.05) is 36.7 Å². The average molecular weight is 516 g/mol. The van der Waals surface area contributed by atoms with Crippen LogP contribution in [0.15, 0.2) is 65.9 Å². The first-order valence-corrected chi connectivity index (χ1v) is 14.2. The summed E-state index contributed by atoms with van der Waals surface area (Å²) in [6, 6.07) is 19.7. The highest BCUT2D eigenvalue weighted by Crippen LogP contribution is 2.59. The third-order valence-corrected chi connectivity index (χ3v) is 9.81. The molecule has 2 aromatic rings. The fraction of sp³-hybridized carbons (Fsp3) is 0.500. The topological polar surface area (TPSA) is 64.6 Å². The minimum Gasteiger partial charge on any atom is -0.466 e. The van der Waals surface area contributed by atoms with E-state index < -0.39 is 0 Å². The van der Waals surface area contributed by atoms with E-state index in [2.05, 4.69) is 59.9 Å². The van der Waals surface area contributed by atoms with E-state index in [1.54, 1.807) is 0 Å². The van der Waals surface area contributed by atoms with Gasteiger partial charge in [0.05, 0.1) is 31.7 Å². The Balaban J connectivity index is 1.42. The normalized spacial score (nSPS) is 31.3. The van der Waals surface area contributed by atoms with E-state index in [-0.39, 0.29) is 17.4 Å². The van der Waals surface area contributed by atoms with Gasteiger partial charge in [0.25, 0.3) is 0 Å². The van der Waals surface area contributed by atoms with Gasteiger partial charge in [-0.1, -0.05) is 61.4 Å². The van der Waals surface area contributed by atoms with Crippen molar-refractivity contribution in [3.05, 3.63) is 77.0 Å². The number of fused-ring (bicyclic) bond motifs is 2. The number of carbonyl (C=O) groups is 2. The second kappa shape index (κ2) is 9.88. The Morgan fingerprint density at radius 3 is 2.53 bits per heavy atom. The predicted octanol–water partition coefficient (Wildman–Crippen LogP) is 5.34. The summed E-state index contributed by atoms with van der Waals surface area (Å²) >= 11 is 0. The molecule has 2 fully saturated rings. The number of nitrogens with one attached hydrogen (secondary N) is 1. The SMILES string of the molecule is COC(=O)C1=C2Nc3ccccc3C23CC(CC2CCCCC2COC(C)=O)[N+](Cc2ccccc2)(C1)C3. The molecule has 2 bridgehead atoms. The van der Waals surface area contributed by atoms with Gasteiger partial charge in [-0.25, -0.2) is 4.79 Å². The maximum absolute atomic E-state index is 13.3. The molecule has 3 aliphatic heterocycles. The Morgan fingerprint density at radius 2 is 1.76 bits per heavy atom. The second-order valence-electron chi connectivity index (χ2n) is 12.0. The summed E-state index contributed by atoms with van der Waals surface area (Å²) in [5, 5.41) is 3.68. The van der Waals surface area contributed by atoms with Crippen LogP contribution in [0.5, 0.6) is 0 Å². The van der Waals surface area contributed by atoms with Gasteiger partial charge in [-0.2, -0.15) is 0 Å². The molecule has 4 aliphatic rings. The van der Waals surface area contributed by atoms with E-state index >= 15 is 0 Å². The number of nitrogens with zero attached hydrogens (tertiary/aromatic N) is 1. The number of carbonyl (C=O) groups excluding carboxylic acids is 2. The van der Waals surface area contributed by atoms with Gasteiger partial charge in [-0.3, -0.25) is 4.79 Å². The molecule has 1 saturated heterocycles. The first kappa shape index (κ1) is 25.2. The number of ether oxygens (including phenoxy) is 2. The number of quaternary nitrogens is 1. The number of para-hydroxylation sites is 1. The first-order valence-electron chi connectivity index (χ1n) is 14.2. The summed E-state index contributed by atoms with van der Waals surface area (Å²) in [5.74, 6) is 0.520. The standard InChI is InChI=1S/C32H38N2O4/c1-22(35)38-20-25-13-7-6-12-24(25)16-26-17-32-21-34(26,18-23-10-4-3-5-11-23)19-27(31(36)37-2)30(32)33-29-15-9-8-14-28(29)32/h3-5,8-11,14-15,24-26H,6-7,12-13,16-21H2,1-2H3/p+1. The zero-order chi connectivity index (χ0) is 26.3. The van der Waals surface area contributed by atoms with Gasteiger partial charge < -0.3 is 19.3 Å². The second-order valence-corrected chi connectivity index (χ2v) is 12.0. The Kier molecular flexibility index (Phi) is 6.55. The van der Waals surface area contributed by atoms with Gasteiger partial charge in [-0.15, -0.1) is 0 Å². The Morgan fingerprint density at radius 1 is 1.03 bits per heavy atom. The van der Waals surface area contributed by atoms with Crippen LogP contribution in [-0.2, 0) is 31.0 Å². The van der Waals surface area contributed by atoms with Crippen molar-refractivity contribution in [2.45, 2.75) is 63.5 Å². The molecule has 5 unspecified atom stereocenters. The van der Waals surface area contributed by atoms with Crippen LogP contribution in [0, 0.1) is 11.8 Å². The fourth-order valence-corrected chi connectivity index (χ4v) is 8.22. The van der Waals surface area contributed by atoms with E-state index in [0.29, 0.717) is 31.0 Å². The summed E-state index contributed by atoms with van der Waals surface area (Å²) in [6.45, 7) is 4.58. The minimum atomic E-state index is -0.217. The first-order chi connectivity index (χ1) is 18.4. The van der Waals surface area contributed by atoms with Crippen LogP contribution < -0.4 is 5.32 Å². The zero-order valence-electron chi connectivity index (χ0n) is 22.6. The van der Waals surface area contributed by atoms with Crippen LogP contribution in [0.1, 0.15) is 56.6 Å². The van der Waals surface area contributed by atoms with Gasteiger partial charge >= 0.3 is 11.9 Å². The summed E-state index contributed by atoms with van der Waals surface area (Å²) in [6.07, 6.45) is 6.84. The molecule has 1 aliphatic carbocycles. The molecule has 1 N–H and O–H groups in total. The Labute approximate surface area is 225 Å². The smallest absolute Gasteiger partial charge is 0.341 e. The van der Waals surface area contributed by atoms with Gasteiger partial charge in [-0.05, 0) is 36.3 Å². The Bertz CT molecular complexity index is 1260. The molecule has 0 aromatic heterocycles. The van der Waals surface area contributed by atoms with Crippen LogP contribution in [0.25, 0.3) is 0 Å². The van der Waals surface area contributed by atoms with Crippen LogP contribution >= 0.6 is 0 Å². The maximum atomic E-state index is 13.3. The Hall–Kier alpha value is -3.12. The lowest BCUT2D eigenvalue weighted by Crippen LogP contribution is -2.57. The molecule has 3 heterocycles. The predicted molar refractivity (Wildman–Crippen MR) is 146 cm³/mol. The third-order valence-electron chi connectivity index (χ3n) is 9.81. The summed E-state index contributed by atoms with van der Waals surface area (Å²) in [7, 11) is 1.50. The van der Waals surface area contributed by atoms with E-state index in [1.165, 1.54) is 44.4 Å². The summed E-state index contributed by atoms with van der Waals surface area (Å²) < 4.78 is 11.8. The van der Waals surface area contributed by atoms with Crippen molar-refractivity contribution in [2.24, 2.45) is 11.8 Å². The van der Waals surface area contributed by atoms with Crippen molar-refractivity contribution in [2.75, 3.05) is 32.1 Å². The lowest BCUT2D eigenvalue weighted by atomic mass is 9.73. The van der Waals surface area contributed by atoms with E-state index in [4.69, 9.17) is 9.47 Å². The average Bonchev–Trinajstić information content (AvgIpc) is 3.39. The van der Waals surface area contributed by atoms with E-state index in [0.717, 1.165) is 53.8 Å². The quantitative estimate of drug-likeness (QED) is 0.398. The van der Waals surface area contributed by atoms with Crippen LogP contribution in [0.2, 0.25) is 0 Å². The molecule has 6 heteroatoms. The number of esters is 2. The molecule has 2 aromatic carbocycles. The molecule has 38 heavy (non-hydrogen) atoms. The van der Waals surface area contributed by atoms with Crippen LogP contribution in [0.4, 0.5) is 5.69 Å². The highest BCUT2D eigenvalue weighted by Gasteiger charge is 2.65. The molecule has 6 nitrogen and oxygen atoms in total. The lowest BCUT2D eigenvalue weighted by molar-refractivity contribution is -0.950. The highest BCUT2D eigenvalue weighted by molar-refractivity contribution is 5.92. The molecule has 5 atom stereocenters. The molecule has 0 radical (unpaired) electrons. The van der Waals surface area contributed by atoms with Crippen molar-refractivity contribution in [1.82, 2.24) is 0 Å². The number of hydrogen-bond donors (Lipinski definition) is 1. The molecule has 0 amide bonds. The van der Waals surface area contributed by atoms with Crippen molar-refractivity contribution in [3.8, 4) is 0 Å². The van der Waals surface area contributed by atoms with Gasteiger partial charge in [0.1, 0.15) is 18.7 Å². The molecular weight excluding hydrogens is 476 g/mol. The maximum Gasteiger partial charge on any atom is 0.341 e. The summed E-state index contributed by atoms with van der Waals surface area (Å²) in [4.78, 5) is 24.9. The number of benzene rings is 2. The molecule has 1 spiro atoms. The minimum absolute atomic E-state index is 0.188. The number of anilines is 1. The van der Waals surface area contributed by atoms with Gasteiger partial charge in [0.15, 0.2) is 0 Å². The molecular formula is C32H39N2O4+. The van der Waals surface area contributed by atoms with Crippen molar-refractivity contribution in [1.29, 1.82) is 0 Å². The van der Waals surface area contributed by atoms with Crippen molar-refractivity contribution in [3.63, 3.8) is 0 Å². The highest BCUT2D eigenvalue weighted by atomic mass is 16.5. The van der Waals surface area contributed by atoms with Crippen LogP contribution in [-0.4, -0.2) is 49.3 Å². The number of methoxy groups -OCH3 is 1. The molecule has 1 saturated carbocycles. The van der Waals surface area contributed by atoms with Crippen molar-refractivity contribution >= 4 is 17.6 Å². The molecule has 200 valence electrons. The molecule has 6 rings (SSSR count). The number of hydrogen-bond acceptors (Lipinski definition) is 5. The monoisotopic (exact) mass is 515 g/mol. The van der Waals surface area contributed by atoms with E-state index in [1.807, 2.05) is 0 Å². The fourth-order valence-electron chi connectivity index (χ4n) is 8.22. The third kappa shape index (κ3) is 4.23. The van der Waals surface area contributed by atoms with Gasteiger partial charge in [0.2, 0.25) is 0 Å².